The molecule has 1 aliphatic heterocycles. The zero-order chi connectivity index (χ0) is 15.5. The highest BCUT2D eigenvalue weighted by atomic mass is 35.5. The minimum Gasteiger partial charge on any atom is -0.288 e. The van der Waals surface area contributed by atoms with E-state index < -0.39 is 0 Å². The molecule has 1 heterocycles. The molecule has 0 N–H and O–H groups in total. The first kappa shape index (κ1) is 15.4. The Hall–Kier alpha value is -1.48. The molecular formula is C18H12Cl2OS. The van der Waals surface area contributed by atoms with E-state index in [1.54, 1.807) is 11.8 Å². The summed E-state index contributed by atoms with van der Waals surface area (Å²) in [5.74, 6) is 0.752. The number of thioether (sulfide) groups is 1. The molecule has 0 bridgehead atoms. The van der Waals surface area contributed by atoms with Gasteiger partial charge in [-0.1, -0.05) is 47.5 Å². The standard InChI is InChI=1S/C18H12Cl2OS/c19-15-5-1-3-12(8-15)7-14-11-22-17(18(14)21)10-13-4-2-6-16(20)9-13/h1-10H,11H2/b14-7+,17-10-. The van der Waals surface area contributed by atoms with Crippen molar-refractivity contribution in [2.24, 2.45) is 0 Å². The molecule has 0 atom stereocenters. The number of rotatable bonds is 2. The van der Waals surface area contributed by atoms with Gasteiger partial charge >= 0.3 is 0 Å². The molecule has 1 nitrogen and oxygen atoms in total. The number of allylic oxidation sites excluding steroid dienone is 1. The van der Waals surface area contributed by atoms with E-state index >= 15 is 0 Å². The number of hydrogen-bond donors (Lipinski definition) is 0. The van der Waals surface area contributed by atoms with Gasteiger partial charge in [0.05, 0.1) is 4.91 Å². The molecule has 0 amide bonds. The van der Waals surface area contributed by atoms with Crippen LogP contribution >= 0.6 is 35.0 Å². The van der Waals surface area contributed by atoms with E-state index in [1.807, 2.05) is 60.7 Å². The second-order valence-corrected chi connectivity index (χ2v) is 6.80. The Labute approximate surface area is 143 Å². The lowest BCUT2D eigenvalue weighted by atomic mass is 10.1. The minimum absolute atomic E-state index is 0.0740. The highest BCUT2D eigenvalue weighted by Crippen LogP contribution is 2.34. The van der Waals surface area contributed by atoms with Crippen LogP contribution in [0.25, 0.3) is 12.2 Å². The fourth-order valence-corrected chi connectivity index (χ4v) is 3.61. The minimum atomic E-state index is 0.0740. The third-order valence-corrected chi connectivity index (χ3v) is 4.77. The van der Waals surface area contributed by atoms with Crippen molar-refractivity contribution in [3.05, 3.63) is 80.2 Å². The first-order valence-corrected chi connectivity index (χ1v) is 8.47. The Balaban J connectivity index is 1.86. The third-order valence-electron chi connectivity index (χ3n) is 3.23. The third kappa shape index (κ3) is 3.64. The highest BCUT2D eigenvalue weighted by Gasteiger charge is 2.23. The van der Waals surface area contributed by atoms with Gasteiger partial charge in [-0.3, -0.25) is 4.79 Å². The Bertz CT molecular complexity index is 728. The molecule has 110 valence electrons. The SMILES string of the molecule is O=C1/C(=C/c2cccc(Cl)c2)CS/C1=C\c1cccc(Cl)c1. The number of Topliss-reactive ketones (excluding diaryl/α,β-unsaturated/α-hetero) is 1. The zero-order valence-electron chi connectivity index (χ0n) is 11.6. The fourth-order valence-electron chi connectivity index (χ4n) is 2.20. The maximum atomic E-state index is 12.5. The van der Waals surface area contributed by atoms with Crippen LogP contribution in [-0.4, -0.2) is 11.5 Å². The number of benzene rings is 2. The fraction of sp³-hybridized carbons (Fsp3) is 0.0556. The van der Waals surface area contributed by atoms with Crippen molar-refractivity contribution in [1.29, 1.82) is 0 Å². The van der Waals surface area contributed by atoms with E-state index in [9.17, 15) is 4.79 Å². The highest BCUT2D eigenvalue weighted by molar-refractivity contribution is 8.05. The van der Waals surface area contributed by atoms with Gasteiger partial charge in [-0.25, -0.2) is 0 Å². The van der Waals surface area contributed by atoms with Crippen LogP contribution in [-0.2, 0) is 4.79 Å². The summed E-state index contributed by atoms with van der Waals surface area (Å²) < 4.78 is 0. The molecule has 3 rings (SSSR count). The molecule has 1 aliphatic rings. The molecule has 22 heavy (non-hydrogen) atoms. The Morgan fingerprint density at radius 3 is 2.09 bits per heavy atom. The van der Waals surface area contributed by atoms with E-state index in [0.717, 1.165) is 21.6 Å². The van der Waals surface area contributed by atoms with Crippen molar-refractivity contribution in [1.82, 2.24) is 0 Å². The topological polar surface area (TPSA) is 17.1 Å². The summed E-state index contributed by atoms with van der Waals surface area (Å²) in [4.78, 5) is 13.2. The smallest absolute Gasteiger partial charge is 0.196 e. The molecule has 4 heteroatoms. The quantitative estimate of drug-likeness (QED) is 0.645. The van der Waals surface area contributed by atoms with Crippen molar-refractivity contribution in [3.63, 3.8) is 0 Å². The maximum Gasteiger partial charge on any atom is 0.196 e. The predicted molar refractivity (Wildman–Crippen MR) is 96.3 cm³/mol. The second-order valence-electron chi connectivity index (χ2n) is 4.91. The molecule has 0 unspecified atom stereocenters. The van der Waals surface area contributed by atoms with E-state index in [4.69, 9.17) is 23.2 Å². The van der Waals surface area contributed by atoms with Crippen LogP contribution in [0.15, 0.2) is 59.0 Å². The van der Waals surface area contributed by atoms with Crippen LogP contribution in [0, 0.1) is 0 Å². The molecule has 1 fully saturated rings. The van der Waals surface area contributed by atoms with Gasteiger partial charge in [0.25, 0.3) is 0 Å². The number of hydrogen-bond acceptors (Lipinski definition) is 2. The predicted octanol–water partition coefficient (Wildman–Crippen LogP) is 5.73. The molecule has 2 aromatic carbocycles. The summed E-state index contributed by atoms with van der Waals surface area (Å²) in [5.41, 5.74) is 2.67. The van der Waals surface area contributed by atoms with E-state index in [1.165, 1.54) is 0 Å². The van der Waals surface area contributed by atoms with Crippen LogP contribution in [0.5, 0.6) is 0 Å². The van der Waals surface area contributed by atoms with Crippen LogP contribution in [0.2, 0.25) is 10.0 Å². The number of carbonyl (C=O) groups is 1. The molecule has 0 radical (unpaired) electrons. The summed E-state index contributed by atoms with van der Waals surface area (Å²) in [6.07, 6.45) is 3.79. The summed E-state index contributed by atoms with van der Waals surface area (Å²) in [5, 5.41) is 1.33. The van der Waals surface area contributed by atoms with E-state index in [-0.39, 0.29) is 5.78 Å². The van der Waals surface area contributed by atoms with E-state index in [0.29, 0.717) is 15.8 Å². The van der Waals surface area contributed by atoms with Crippen molar-refractivity contribution in [2.75, 3.05) is 5.75 Å². The molecule has 1 saturated heterocycles. The van der Waals surface area contributed by atoms with Gasteiger partial charge < -0.3 is 0 Å². The largest absolute Gasteiger partial charge is 0.288 e. The van der Waals surface area contributed by atoms with Crippen LogP contribution in [0.1, 0.15) is 11.1 Å². The maximum absolute atomic E-state index is 12.5. The molecule has 0 aromatic heterocycles. The lowest BCUT2D eigenvalue weighted by Gasteiger charge is -1.98. The Morgan fingerprint density at radius 2 is 1.50 bits per heavy atom. The second kappa shape index (κ2) is 6.74. The Morgan fingerprint density at radius 1 is 0.909 bits per heavy atom. The van der Waals surface area contributed by atoms with Gasteiger partial charge in [-0.05, 0) is 47.5 Å². The zero-order valence-corrected chi connectivity index (χ0v) is 13.9. The van der Waals surface area contributed by atoms with E-state index in [2.05, 4.69) is 0 Å². The summed E-state index contributed by atoms with van der Waals surface area (Å²) >= 11 is 13.5. The number of carbonyl (C=O) groups excluding carboxylic acids is 1. The normalized spacial score (nSPS) is 18.4. The first-order chi connectivity index (χ1) is 10.6. The lowest BCUT2D eigenvalue weighted by Crippen LogP contribution is -1.96. The average molecular weight is 347 g/mol. The van der Waals surface area contributed by atoms with Gasteiger partial charge in [-0.15, -0.1) is 11.8 Å². The number of halogens is 2. The summed E-state index contributed by atoms with van der Waals surface area (Å²) in [6.45, 7) is 0. The van der Waals surface area contributed by atoms with Gasteiger partial charge in [-0.2, -0.15) is 0 Å². The monoisotopic (exact) mass is 346 g/mol. The van der Waals surface area contributed by atoms with Crippen LogP contribution < -0.4 is 0 Å². The van der Waals surface area contributed by atoms with Crippen molar-refractivity contribution in [3.8, 4) is 0 Å². The van der Waals surface area contributed by atoms with Gasteiger partial charge in [0.15, 0.2) is 5.78 Å². The number of ketones is 1. The van der Waals surface area contributed by atoms with Crippen molar-refractivity contribution in [2.45, 2.75) is 0 Å². The van der Waals surface area contributed by atoms with Gasteiger partial charge in [0, 0.05) is 21.4 Å². The van der Waals surface area contributed by atoms with Gasteiger partial charge in [0.1, 0.15) is 0 Å². The first-order valence-electron chi connectivity index (χ1n) is 6.73. The molecule has 0 saturated carbocycles. The summed E-state index contributed by atoms with van der Waals surface area (Å²) in [6, 6.07) is 15.0. The summed E-state index contributed by atoms with van der Waals surface area (Å²) in [7, 11) is 0. The van der Waals surface area contributed by atoms with Crippen molar-refractivity contribution >= 4 is 52.9 Å². The molecular weight excluding hydrogens is 335 g/mol. The lowest BCUT2D eigenvalue weighted by molar-refractivity contribution is -0.111. The average Bonchev–Trinajstić information content (AvgIpc) is 2.80. The molecule has 0 aliphatic carbocycles. The molecule has 2 aromatic rings. The van der Waals surface area contributed by atoms with Crippen LogP contribution in [0.3, 0.4) is 0 Å². The Kier molecular flexibility index (Phi) is 4.72. The molecule has 0 spiro atoms. The van der Waals surface area contributed by atoms with Crippen LogP contribution in [0.4, 0.5) is 0 Å². The van der Waals surface area contributed by atoms with Crippen molar-refractivity contribution < 1.29 is 4.79 Å². The van der Waals surface area contributed by atoms with Gasteiger partial charge in [0.2, 0.25) is 0 Å².